The van der Waals surface area contributed by atoms with Crippen LogP contribution in [-0.2, 0) is 65.4 Å². The average Bonchev–Trinajstić information content (AvgIpc) is 0.906. The number of rotatable bonds is 73. The van der Waals surface area contributed by atoms with Gasteiger partial charge in [0, 0.05) is 19.3 Å². The van der Waals surface area contributed by atoms with Crippen LogP contribution in [0.25, 0.3) is 0 Å². The van der Waals surface area contributed by atoms with Crippen molar-refractivity contribution in [2.24, 2.45) is 0 Å². The van der Waals surface area contributed by atoms with Gasteiger partial charge in [0.15, 0.2) is 12.2 Å². The lowest BCUT2D eigenvalue weighted by atomic mass is 10.1. The number of hydrogen-bond donors (Lipinski definition) is 3. The van der Waals surface area contributed by atoms with Gasteiger partial charge in [-0.15, -0.1) is 0 Å². The van der Waals surface area contributed by atoms with Crippen LogP contribution in [0.15, 0.2) is 231 Å². The van der Waals surface area contributed by atoms with E-state index in [0.29, 0.717) is 38.5 Å². The lowest BCUT2D eigenvalue weighted by molar-refractivity contribution is -0.161. The second-order valence-electron chi connectivity index (χ2n) is 25.9. The van der Waals surface area contributed by atoms with Crippen molar-refractivity contribution in [2.75, 3.05) is 39.6 Å². The third-order valence-corrected chi connectivity index (χ3v) is 17.5. The summed E-state index contributed by atoms with van der Waals surface area (Å²) in [6, 6.07) is 0. The summed E-state index contributed by atoms with van der Waals surface area (Å²) in [4.78, 5) is 73.0. The minimum atomic E-state index is -5.03. The number of allylic oxidation sites excluding steroid dienone is 37. The highest BCUT2D eigenvalue weighted by Gasteiger charge is 2.30. The number of phosphoric acid groups is 2. The van der Waals surface area contributed by atoms with E-state index < -0.39 is 97.5 Å². The van der Waals surface area contributed by atoms with Gasteiger partial charge in [-0.3, -0.25) is 37.3 Å². The van der Waals surface area contributed by atoms with Crippen LogP contribution in [0, 0.1) is 0 Å². The van der Waals surface area contributed by atoms with Gasteiger partial charge in [-0.1, -0.05) is 297 Å². The molecule has 0 aliphatic rings. The molecule has 0 radical (unpaired) electrons. The molecule has 0 bridgehead atoms. The zero-order chi connectivity index (χ0) is 80.3. The standard InChI is InChI=1S/C91H140O17P2/c1-5-9-13-17-21-25-29-33-37-40-42-45-48-51-55-59-63-67-71-75-88(93)101-81-86(107-90(95)77-73-69-65-61-57-53-47-36-32-28-24-20-16-12-8-4)83-105-109(97,98)103-79-85(92)80-104-110(99,100)106-84-87(108-91(96)78-74-70-66-62-58-54-50-44-39-35-31-27-23-19-15-11-7-3)82-102-89(94)76-72-68-64-60-56-52-49-46-43-41-38-34-30-26-22-18-14-10-6-2/h10-12,14-16,21-28,33-39,42-43,45-47,50,52,54,56-57,61-62,64,66,68-69,73,85-87,92H,5-9,13,17-20,29-32,40-41,44,48-49,51,53,55,58-60,63,65,67,70-72,74-84H2,1-4H3,(H,97,98)(H,99,100)/b14-10-,15-11-,16-12-,25-21-,26-22-,27-23-,28-24-,37-33-,38-34-,39-35-,45-42-,46-43-,47-36-,54-50-,56-52-,61-57-,66-62-,68-64-,73-69-. The van der Waals surface area contributed by atoms with Crippen molar-refractivity contribution in [1.29, 1.82) is 0 Å². The predicted octanol–water partition coefficient (Wildman–Crippen LogP) is 24.2. The molecule has 5 atom stereocenters. The van der Waals surface area contributed by atoms with Gasteiger partial charge in [0.2, 0.25) is 0 Å². The Kier molecular flexibility index (Phi) is 75.2. The molecule has 0 aromatic carbocycles. The van der Waals surface area contributed by atoms with E-state index in [1.165, 1.54) is 19.3 Å². The van der Waals surface area contributed by atoms with E-state index in [4.69, 9.17) is 37.0 Å². The Morgan fingerprint density at radius 2 is 0.536 bits per heavy atom. The molecule has 0 saturated carbocycles. The van der Waals surface area contributed by atoms with Crippen LogP contribution in [0.4, 0.5) is 0 Å². The van der Waals surface area contributed by atoms with Crippen LogP contribution in [0.1, 0.15) is 259 Å². The first kappa shape index (κ1) is 103. The zero-order valence-corrected chi connectivity index (χ0v) is 69.1. The van der Waals surface area contributed by atoms with Gasteiger partial charge in [-0.05, 0) is 167 Å². The summed E-state index contributed by atoms with van der Waals surface area (Å²) in [7, 11) is -10.1. The normalized spacial score (nSPS) is 15.0. The fourth-order valence-corrected chi connectivity index (χ4v) is 11.2. The number of aliphatic hydroxyl groups excluding tert-OH is 1. The molecular formula is C91H140O17P2. The summed E-state index contributed by atoms with van der Waals surface area (Å²) in [6.07, 6.45) is 104. The highest BCUT2D eigenvalue weighted by atomic mass is 31.2. The van der Waals surface area contributed by atoms with Crippen LogP contribution >= 0.6 is 15.6 Å². The Hall–Kier alpha value is -6.88. The molecule has 0 amide bonds. The van der Waals surface area contributed by atoms with Crippen molar-refractivity contribution in [3.63, 3.8) is 0 Å². The van der Waals surface area contributed by atoms with Gasteiger partial charge < -0.3 is 33.8 Å². The van der Waals surface area contributed by atoms with Crippen LogP contribution < -0.4 is 0 Å². The number of hydrogen-bond acceptors (Lipinski definition) is 15. The molecule has 0 aromatic heterocycles. The second-order valence-corrected chi connectivity index (χ2v) is 28.8. The van der Waals surface area contributed by atoms with Gasteiger partial charge in [0.1, 0.15) is 19.3 Å². The van der Waals surface area contributed by atoms with Crippen molar-refractivity contribution in [1.82, 2.24) is 0 Å². The highest BCUT2D eigenvalue weighted by Crippen LogP contribution is 2.45. The number of ether oxygens (including phenoxy) is 4. The number of carbonyl (C=O) groups excluding carboxylic acids is 4. The monoisotopic (exact) mass is 1570 g/mol. The van der Waals surface area contributed by atoms with Crippen LogP contribution in [0.2, 0.25) is 0 Å². The maximum Gasteiger partial charge on any atom is 0.472 e. The van der Waals surface area contributed by atoms with E-state index in [1.54, 1.807) is 12.2 Å². The van der Waals surface area contributed by atoms with Gasteiger partial charge in [0.05, 0.1) is 32.8 Å². The van der Waals surface area contributed by atoms with E-state index in [2.05, 4.69) is 204 Å². The van der Waals surface area contributed by atoms with Crippen molar-refractivity contribution < 1.29 is 80.2 Å². The summed E-state index contributed by atoms with van der Waals surface area (Å²) in [6.45, 7) is 4.18. The molecule has 0 aliphatic heterocycles. The van der Waals surface area contributed by atoms with Crippen LogP contribution in [0.5, 0.6) is 0 Å². The van der Waals surface area contributed by atoms with Crippen molar-refractivity contribution >= 4 is 39.5 Å². The minimum absolute atomic E-state index is 0.0109. The van der Waals surface area contributed by atoms with Gasteiger partial charge in [0.25, 0.3) is 0 Å². The quantitative estimate of drug-likeness (QED) is 0.0169. The van der Waals surface area contributed by atoms with Crippen LogP contribution in [0.3, 0.4) is 0 Å². The molecule has 17 nitrogen and oxygen atoms in total. The highest BCUT2D eigenvalue weighted by molar-refractivity contribution is 7.47. The number of carbonyl (C=O) groups is 4. The van der Waals surface area contributed by atoms with E-state index in [0.717, 1.165) is 148 Å². The van der Waals surface area contributed by atoms with Gasteiger partial charge >= 0.3 is 39.5 Å². The van der Waals surface area contributed by atoms with E-state index in [-0.39, 0.29) is 25.7 Å². The molecule has 0 heterocycles. The molecule has 0 spiro atoms. The predicted molar refractivity (Wildman–Crippen MR) is 454 cm³/mol. The summed E-state index contributed by atoms with van der Waals surface area (Å²) in [5.41, 5.74) is 0. The maximum atomic E-state index is 13.1. The number of phosphoric ester groups is 2. The topological polar surface area (TPSA) is 237 Å². The lowest BCUT2D eigenvalue weighted by Crippen LogP contribution is -2.30. The Labute approximate surface area is 664 Å². The third kappa shape index (κ3) is 79.2. The van der Waals surface area contributed by atoms with Crippen molar-refractivity contribution in [3.8, 4) is 0 Å². The number of aliphatic hydroxyl groups is 1. The maximum absolute atomic E-state index is 13.1. The molecule has 0 aliphatic carbocycles. The molecule has 0 saturated heterocycles. The molecule has 0 rings (SSSR count). The fraction of sp³-hybridized carbons (Fsp3) is 0.538. The largest absolute Gasteiger partial charge is 0.472 e. The lowest BCUT2D eigenvalue weighted by Gasteiger charge is -2.21. The van der Waals surface area contributed by atoms with Crippen molar-refractivity contribution in [2.45, 2.75) is 277 Å². The molecule has 0 fully saturated rings. The molecule has 110 heavy (non-hydrogen) atoms. The smallest absolute Gasteiger partial charge is 0.462 e. The first-order valence-corrected chi connectivity index (χ1v) is 43.6. The first-order valence-electron chi connectivity index (χ1n) is 40.6. The van der Waals surface area contributed by atoms with Crippen molar-refractivity contribution in [3.05, 3.63) is 231 Å². The summed E-state index contributed by atoms with van der Waals surface area (Å²) >= 11 is 0. The first-order chi connectivity index (χ1) is 53.7. The average molecular weight is 1570 g/mol. The fourth-order valence-electron chi connectivity index (χ4n) is 9.60. The molecule has 3 N–H and O–H groups in total. The second kappa shape index (κ2) is 80.2. The van der Waals surface area contributed by atoms with Gasteiger partial charge in [-0.2, -0.15) is 0 Å². The molecule has 19 heteroatoms. The SMILES string of the molecule is CC/C=C\C/C=C\C/C=C\C/C=C\C/C=C\C/C=C\CCC(=O)OCC(COP(=O)(O)OCC(O)COP(=O)(O)OCC(COC(=O)CCCCCCCC/C=C\C/C=C\C/C=C\CCCCC)OC(=O)C/C=C\C/C=C\C/C=C\C/C=C\C/C=C\CC)OC(=O)CCC/C=C\C/C=C\C/C=C\C/C=C\C/C=C\CC. The van der Waals surface area contributed by atoms with Gasteiger partial charge in [-0.25, -0.2) is 9.13 Å². The molecule has 616 valence electrons. The Bertz CT molecular complexity index is 3000. The number of unbranched alkanes of at least 4 members (excludes halogenated alkanes) is 10. The molecular weight excluding hydrogens is 1430 g/mol. The minimum Gasteiger partial charge on any atom is -0.462 e. The number of esters is 4. The molecule has 0 aromatic rings. The Morgan fingerprint density at radius 3 is 0.891 bits per heavy atom. The zero-order valence-electron chi connectivity index (χ0n) is 67.3. The summed E-state index contributed by atoms with van der Waals surface area (Å²) in [5, 5.41) is 10.7. The van der Waals surface area contributed by atoms with E-state index in [1.807, 2.05) is 42.5 Å². The Morgan fingerprint density at radius 1 is 0.273 bits per heavy atom. The van der Waals surface area contributed by atoms with Crippen LogP contribution in [-0.4, -0.2) is 96.7 Å². The molecule has 5 unspecified atom stereocenters. The summed E-state index contributed by atoms with van der Waals surface area (Å²) in [5.74, 6) is -2.54. The van der Waals surface area contributed by atoms with E-state index in [9.17, 15) is 43.2 Å². The summed E-state index contributed by atoms with van der Waals surface area (Å²) < 4.78 is 68.4. The Balaban J connectivity index is 5.59. The third-order valence-electron chi connectivity index (χ3n) is 15.6. The van der Waals surface area contributed by atoms with E-state index >= 15 is 0 Å².